The molecule has 0 atom stereocenters. The molecule has 3 aromatic rings. The van der Waals surface area contributed by atoms with E-state index in [0.29, 0.717) is 21.2 Å². The summed E-state index contributed by atoms with van der Waals surface area (Å²) in [6.45, 7) is 0. The van der Waals surface area contributed by atoms with E-state index in [4.69, 9.17) is 23.8 Å². The van der Waals surface area contributed by atoms with Crippen molar-refractivity contribution < 1.29 is 4.39 Å². The Hall–Kier alpha value is -2.57. The Kier molecular flexibility index (Phi) is 4.98. The topological polar surface area (TPSA) is 46.0 Å². The van der Waals surface area contributed by atoms with Crippen molar-refractivity contribution in [2.45, 2.75) is 0 Å². The van der Waals surface area contributed by atoms with Crippen LogP contribution in [0.3, 0.4) is 0 Å². The van der Waals surface area contributed by atoms with Crippen LogP contribution in [-0.2, 0) is 0 Å². The van der Waals surface area contributed by atoms with E-state index in [-0.39, 0.29) is 5.82 Å². The molecule has 0 radical (unpaired) electrons. The number of aromatic amines is 1. The van der Waals surface area contributed by atoms with E-state index in [1.54, 1.807) is 18.2 Å². The van der Waals surface area contributed by atoms with Gasteiger partial charge in [0.25, 0.3) is 0 Å². The van der Waals surface area contributed by atoms with Crippen LogP contribution in [0.15, 0.2) is 64.7 Å². The van der Waals surface area contributed by atoms with Crippen molar-refractivity contribution >= 4 is 36.1 Å². The molecule has 2 aromatic carbocycles. The minimum absolute atomic E-state index is 0.315. The zero-order valence-electron chi connectivity index (χ0n) is 12.4. The summed E-state index contributed by atoms with van der Waals surface area (Å²) in [5.41, 5.74) is 1.65. The Labute approximate surface area is 147 Å². The van der Waals surface area contributed by atoms with Crippen molar-refractivity contribution in [2.75, 3.05) is 0 Å². The molecule has 1 aromatic heterocycles. The van der Waals surface area contributed by atoms with Crippen molar-refractivity contribution in [3.63, 3.8) is 0 Å². The molecule has 0 unspecified atom stereocenters. The van der Waals surface area contributed by atoms with Crippen molar-refractivity contribution in [2.24, 2.45) is 5.10 Å². The van der Waals surface area contributed by atoms with Gasteiger partial charge in [-0.25, -0.2) is 9.49 Å². The molecule has 0 aliphatic heterocycles. The number of H-pyrrole nitrogens is 1. The maximum atomic E-state index is 13.1. The Morgan fingerprint density at radius 1 is 1.17 bits per heavy atom. The van der Waals surface area contributed by atoms with Crippen molar-refractivity contribution in [1.82, 2.24) is 14.9 Å². The molecular formula is C17H12ClFN4S. The zero-order chi connectivity index (χ0) is 16.9. The predicted molar refractivity (Wildman–Crippen MR) is 97.0 cm³/mol. The molecule has 24 heavy (non-hydrogen) atoms. The van der Waals surface area contributed by atoms with Gasteiger partial charge in [0.15, 0.2) is 5.82 Å². The Balaban J connectivity index is 1.90. The summed E-state index contributed by atoms with van der Waals surface area (Å²) in [4.78, 5) is 0. The van der Waals surface area contributed by atoms with Crippen LogP contribution in [0.25, 0.3) is 17.5 Å². The molecule has 3 rings (SSSR count). The number of nitrogens with zero attached hydrogens (tertiary/aromatic N) is 3. The van der Waals surface area contributed by atoms with Crippen LogP contribution >= 0.6 is 23.8 Å². The van der Waals surface area contributed by atoms with Gasteiger partial charge in [0.2, 0.25) is 4.77 Å². The summed E-state index contributed by atoms with van der Waals surface area (Å²) in [6, 6.07) is 15.6. The second kappa shape index (κ2) is 7.33. The average Bonchev–Trinajstić information content (AvgIpc) is 2.95. The van der Waals surface area contributed by atoms with E-state index in [9.17, 15) is 4.39 Å². The predicted octanol–water partition coefficient (Wildman–Crippen LogP) is 4.86. The maximum absolute atomic E-state index is 13.1. The molecule has 0 aliphatic rings. The summed E-state index contributed by atoms with van der Waals surface area (Å²) in [6.07, 6.45) is 3.26. The highest BCUT2D eigenvalue weighted by Crippen LogP contribution is 2.18. The summed E-state index contributed by atoms with van der Waals surface area (Å²) in [7, 11) is 0. The average molecular weight is 359 g/mol. The third-order valence-electron chi connectivity index (χ3n) is 3.15. The van der Waals surface area contributed by atoms with Gasteiger partial charge in [-0.1, -0.05) is 41.9 Å². The second-order valence-corrected chi connectivity index (χ2v) is 5.68. The molecule has 0 aliphatic carbocycles. The highest BCUT2D eigenvalue weighted by Gasteiger charge is 2.08. The normalized spacial score (nSPS) is 12.0. The zero-order valence-corrected chi connectivity index (χ0v) is 13.9. The van der Waals surface area contributed by atoms with Crippen molar-refractivity contribution in [1.29, 1.82) is 0 Å². The number of rotatable bonds is 4. The first kappa shape index (κ1) is 16.3. The highest BCUT2D eigenvalue weighted by atomic mass is 35.5. The van der Waals surface area contributed by atoms with Crippen LogP contribution in [0.5, 0.6) is 0 Å². The molecule has 1 N–H and O–H groups in total. The van der Waals surface area contributed by atoms with Gasteiger partial charge >= 0.3 is 0 Å². The Bertz CT molecular complexity index is 943. The number of hydrogen-bond donors (Lipinski definition) is 1. The smallest absolute Gasteiger partial charge is 0.216 e. The number of benzene rings is 2. The molecule has 0 amide bonds. The molecule has 0 saturated heterocycles. The lowest BCUT2D eigenvalue weighted by Gasteiger charge is -2.00. The fourth-order valence-corrected chi connectivity index (χ4v) is 2.39. The minimum atomic E-state index is -0.322. The van der Waals surface area contributed by atoms with Crippen LogP contribution in [0.2, 0.25) is 0 Å². The van der Waals surface area contributed by atoms with E-state index in [0.717, 1.165) is 5.56 Å². The van der Waals surface area contributed by atoms with Crippen LogP contribution in [0.4, 0.5) is 4.39 Å². The molecular weight excluding hydrogens is 347 g/mol. The summed E-state index contributed by atoms with van der Waals surface area (Å²) < 4.78 is 14.8. The Morgan fingerprint density at radius 3 is 2.58 bits per heavy atom. The van der Waals surface area contributed by atoms with Gasteiger partial charge in [-0.05, 0) is 48.1 Å². The monoisotopic (exact) mass is 358 g/mol. The molecule has 1 heterocycles. The third kappa shape index (κ3) is 3.84. The largest absolute Gasteiger partial charge is 0.250 e. The number of nitrogens with one attached hydrogen (secondary N) is 1. The van der Waals surface area contributed by atoms with E-state index >= 15 is 0 Å². The van der Waals surface area contributed by atoms with Crippen LogP contribution in [0.1, 0.15) is 5.56 Å². The molecule has 7 heteroatoms. The number of aromatic nitrogens is 3. The minimum Gasteiger partial charge on any atom is -0.250 e. The van der Waals surface area contributed by atoms with Crippen molar-refractivity contribution in [3.05, 3.63) is 75.8 Å². The van der Waals surface area contributed by atoms with Crippen LogP contribution in [-0.4, -0.2) is 21.1 Å². The molecule has 120 valence electrons. The van der Waals surface area contributed by atoms with Gasteiger partial charge in [-0.3, -0.25) is 0 Å². The van der Waals surface area contributed by atoms with Gasteiger partial charge in [0.1, 0.15) is 5.82 Å². The molecule has 0 saturated carbocycles. The Morgan fingerprint density at radius 2 is 1.88 bits per heavy atom. The lowest BCUT2D eigenvalue weighted by Crippen LogP contribution is -1.94. The maximum Gasteiger partial charge on any atom is 0.216 e. The van der Waals surface area contributed by atoms with Gasteiger partial charge in [-0.15, -0.1) is 0 Å². The fraction of sp³-hybridized carbons (Fsp3) is 0. The summed E-state index contributed by atoms with van der Waals surface area (Å²) in [5.74, 6) is 0.150. The van der Waals surface area contributed by atoms with E-state index in [1.165, 1.54) is 23.0 Å². The standard InChI is InChI=1S/C17H12ClFN4S/c18-14(10-12-4-2-1-3-5-12)11-20-23-16(21-22-17(23)24)13-6-8-15(19)9-7-13/h1-11H,(H,22,24)/b14-10-,20-11-. The van der Waals surface area contributed by atoms with Crippen molar-refractivity contribution in [3.8, 4) is 11.4 Å². The molecule has 0 bridgehead atoms. The molecule has 4 nitrogen and oxygen atoms in total. The number of hydrogen-bond acceptors (Lipinski definition) is 3. The third-order valence-corrected chi connectivity index (χ3v) is 3.62. The number of allylic oxidation sites excluding steroid dienone is 1. The highest BCUT2D eigenvalue weighted by molar-refractivity contribution is 7.71. The first-order chi connectivity index (χ1) is 11.6. The second-order valence-electron chi connectivity index (χ2n) is 4.86. The fourth-order valence-electron chi connectivity index (χ4n) is 2.04. The van der Waals surface area contributed by atoms with Crippen LogP contribution in [0, 0.1) is 10.6 Å². The van der Waals surface area contributed by atoms with Gasteiger partial charge in [0, 0.05) is 5.56 Å². The van der Waals surface area contributed by atoms with E-state index in [1.807, 2.05) is 30.3 Å². The lowest BCUT2D eigenvalue weighted by molar-refractivity contribution is 0.628. The molecule has 0 spiro atoms. The SMILES string of the molecule is Fc1ccc(-c2n[nH]c(=S)n2/N=C\C(Cl)=C\c2ccccc2)cc1. The van der Waals surface area contributed by atoms with E-state index in [2.05, 4.69) is 15.3 Å². The number of halogens is 2. The lowest BCUT2D eigenvalue weighted by atomic mass is 10.2. The van der Waals surface area contributed by atoms with Gasteiger partial charge in [-0.2, -0.15) is 14.9 Å². The first-order valence-corrected chi connectivity index (χ1v) is 7.82. The quantitative estimate of drug-likeness (QED) is 0.534. The summed E-state index contributed by atoms with van der Waals surface area (Å²) >= 11 is 11.4. The van der Waals surface area contributed by atoms with Gasteiger partial charge < -0.3 is 0 Å². The molecule has 0 fully saturated rings. The van der Waals surface area contributed by atoms with E-state index < -0.39 is 0 Å². The van der Waals surface area contributed by atoms with Gasteiger partial charge in [0.05, 0.1) is 11.2 Å². The van der Waals surface area contributed by atoms with Crippen LogP contribution < -0.4 is 0 Å². The summed E-state index contributed by atoms with van der Waals surface area (Å²) in [5, 5.41) is 11.5. The first-order valence-electron chi connectivity index (χ1n) is 7.03.